The van der Waals surface area contributed by atoms with Gasteiger partial charge in [0, 0.05) is 23.3 Å². The summed E-state index contributed by atoms with van der Waals surface area (Å²) in [6.07, 6.45) is 3.17. The van der Waals surface area contributed by atoms with Crippen LogP contribution >= 0.6 is 11.3 Å². The van der Waals surface area contributed by atoms with E-state index in [1.807, 2.05) is 27.7 Å². The SMILES string of the molecule is Cc1cc(S(=O)(=O)Nc2cc(C(C)C)nn2-c2ncccn2)sc1C. The molecule has 0 saturated carbocycles. The summed E-state index contributed by atoms with van der Waals surface area (Å²) in [6, 6.07) is 5.08. The molecule has 3 rings (SSSR count). The number of hydrogen-bond donors (Lipinski definition) is 1. The lowest BCUT2D eigenvalue weighted by atomic mass is 10.1. The number of thiophene rings is 1. The van der Waals surface area contributed by atoms with Crippen molar-refractivity contribution in [3.05, 3.63) is 46.7 Å². The number of rotatable bonds is 5. The van der Waals surface area contributed by atoms with Crippen molar-refractivity contribution in [2.45, 2.75) is 37.8 Å². The van der Waals surface area contributed by atoms with Crippen molar-refractivity contribution < 1.29 is 8.42 Å². The molecule has 25 heavy (non-hydrogen) atoms. The van der Waals surface area contributed by atoms with Gasteiger partial charge in [0.1, 0.15) is 10.0 Å². The van der Waals surface area contributed by atoms with Gasteiger partial charge in [-0.25, -0.2) is 18.4 Å². The van der Waals surface area contributed by atoms with Crippen LogP contribution in [0.4, 0.5) is 5.82 Å². The molecule has 0 amide bonds. The molecule has 0 aliphatic rings. The largest absolute Gasteiger partial charge is 0.272 e. The zero-order valence-corrected chi connectivity index (χ0v) is 16.0. The van der Waals surface area contributed by atoms with Gasteiger partial charge in [-0.15, -0.1) is 11.3 Å². The molecule has 0 radical (unpaired) electrons. The van der Waals surface area contributed by atoms with Crippen LogP contribution in [0, 0.1) is 13.8 Å². The first kappa shape index (κ1) is 17.6. The molecule has 9 heteroatoms. The second kappa shape index (κ2) is 6.57. The molecule has 0 spiro atoms. The normalized spacial score (nSPS) is 11.9. The third-order valence-corrected chi connectivity index (χ3v) is 6.69. The van der Waals surface area contributed by atoms with Crippen LogP contribution in [0.1, 0.15) is 35.9 Å². The fraction of sp³-hybridized carbons (Fsp3) is 0.312. The highest BCUT2D eigenvalue weighted by atomic mass is 32.2. The Morgan fingerprint density at radius 1 is 1.16 bits per heavy atom. The van der Waals surface area contributed by atoms with Crippen LogP contribution in [-0.2, 0) is 10.0 Å². The van der Waals surface area contributed by atoms with Gasteiger partial charge in [0.2, 0.25) is 0 Å². The summed E-state index contributed by atoms with van der Waals surface area (Å²) in [4.78, 5) is 9.30. The summed E-state index contributed by atoms with van der Waals surface area (Å²) in [6.45, 7) is 7.77. The lowest BCUT2D eigenvalue weighted by molar-refractivity contribution is 0.602. The number of nitrogens with one attached hydrogen (secondary N) is 1. The summed E-state index contributed by atoms with van der Waals surface area (Å²) >= 11 is 1.24. The predicted molar refractivity (Wildman–Crippen MR) is 97.8 cm³/mol. The Labute approximate surface area is 150 Å². The Kier molecular flexibility index (Phi) is 4.61. The van der Waals surface area contributed by atoms with Crippen molar-refractivity contribution in [3.8, 4) is 5.95 Å². The number of aryl methyl sites for hydroxylation is 2. The number of nitrogens with zero attached hydrogens (tertiary/aromatic N) is 4. The second-order valence-corrected chi connectivity index (χ2v) is 9.15. The second-order valence-electron chi connectivity index (χ2n) is 5.98. The molecule has 132 valence electrons. The Balaban J connectivity index is 2.04. The maximum absolute atomic E-state index is 12.7. The Hall–Kier alpha value is -2.26. The Morgan fingerprint density at radius 3 is 2.40 bits per heavy atom. The van der Waals surface area contributed by atoms with Crippen LogP contribution in [0.25, 0.3) is 5.95 Å². The molecule has 0 unspecified atom stereocenters. The van der Waals surface area contributed by atoms with E-state index >= 15 is 0 Å². The molecule has 0 atom stereocenters. The van der Waals surface area contributed by atoms with Crippen LogP contribution in [0.5, 0.6) is 0 Å². The van der Waals surface area contributed by atoms with E-state index in [2.05, 4.69) is 19.8 Å². The third-order valence-electron chi connectivity index (χ3n) is 3.71. The number of aromatic nitrogens is 4. The molecule has 0 aliphatic carbocycles. The van der Waals surface area contributed by atoms with Crippen molar-refractivity contribution in [2.75, 3.05) is 4.72 Å². The average Bonchev–Trinajstić information content (AvgIpc) is 3.12. The first-order valence-electron chi connectivity index (χ1n) is 7.75. The lowest BCUT2D eigenvalue weighted by Gasteiger charge is -2.07. The van der Waals surface area contributed by atoms with E-state index in [1.54, 1.807) is 30.6 Å². The predicted octanol–water partition coefficient (Wildman–Crippen LogP) is 3.26. The highest BCUT2D eigenvalue weighted by Crippen LogP contribution is 2.28. The average molecular weight is 377 g/mol. The minimum atomic E-state index is -3.71. The monoisotopic (exact) mass is 377 g/mol. The molecule has 3 aromatic rings. The summed E-state index contributed by atoms with van der Waals surface area (Å²) in [7, 11) is -3.71. The maximum Gasteiger partial charge on any atom is 0.272 e. The van der Waals surface area contributed by atoms with Crippen LogP contribution in [0.2, 0.25) is 0 Å². The van der Waals surface area contributed by atoms with Crippen molar-refractivity contribution in [2.24, 2.45) is 0 Å². The Morgan fingerprint density at radius 2 is 1.84 bits per heavy atom. The molecule has 0 bridgehead atoms. The molecular formula is C16H19N5O2S2. The standard InChI is InChI=1S/C16H19N5O2S2/c1-10(2)13-9-14(21(19-13)16-17-6-5-7-18-16)20-25(22,23)15-8-11(3)12(4)24-15/h5-10,20H,1-4H3. The van der Waals surface area contributed by atoms with Crippen molar-refractivity contribution in [1.82, 2.24) is 19.7 Å². The van der Waals surface area contributed by atoms with E-state index < -0.39 is 10.0 Å². The van der Waals surface area contributed by atoms with Crippen LogP contribution in [0.3, 0.4) is 0 Å². The van der Waals surface area contributed by atoms with Crippen molar-refractivity contribution in [3.63, 3.8) is 0 Å². The number of anilines is 1. The van der Waals surface area contributed by atoms with Gasteiger partial charge in [-0.05, 0) is 37.5 Å². The molecule has 7 nitrogen and oxygen atoms in total. The van der Waals surface area contributed by atoms with Gasteiger partial charge in [-0.3, -0.25) is 4.72 Å². The van der Waals surface area contributed by atoms with E-state index in [0.29, 0.717) is 11.8 Å². The van der Waals surface area contributed by atoms with E-state index in [4.69, 9.17) is 0 Å². The highest BCUT2D eigenvalue weighted by molar-refractivity contribution is 7.94. The summed E-state index contributed by atoms with van der Waals surface area (Å²) in [5.74, 6) is 0.767. The van der Waals surface area contributed by atoms with E-state index in [-0.39, 0.29) is 10.1 Å². The van der Waals surface area contributed by atoms with Crippen LogP contribution < -0.4 is 4.72 Å². The quantitative estimate of drug-likeness (QED) is 0.737. The maximum atomic E-state index is 12.7. The first-order chi connectivity index (χ1) is 11.8. The van der Waals surface area contributed by atoms with E-state index in [0.717, 1.165) is 16.1 Å². The van der Waals surface area contributed by atoms with Gasteiger partial charge in [0.05, 0.1) is 5.69 Å². The van der Waals surface area contributed by atoms with Gasteiger partial charge in [-0.1, -0.05) is 13.8 Å². The molecule has 0 aliphatic heterocycles. The zero-order valence-electron chi connectivity index (χ0n) is 14.4. The molecule has 0 saturated heterocycles. The fourth-order valence-electron chi connectivity index (χ4n) is 2.17. The summed E-state index contributed by atoms with van der Waals surface area (Å²) < 4.78 is 29.8. The highest BCUT2D eigenvalue weighted by Gasteiger charge is 2.22. The van der Waals surface area contributed by atoms with E-state index in [9.17, 15) is 8.42 Å². The van der Waals surface area contributed by atoms with Gasteiger partial charge in [0.25, 0.3) is 16.0 Å². The summed E-state index contributed by atoms with van der Waals surface area (Å²) in [5, 5.41) is 4.45. The van der Waals surface area contributed by atoms with E-state index in [1.165, 1.54) is 16.0 Å². The zero-order chi connectivity index (χ0) is 18.2. The lowest BCUT2D eigenvalue weighted by Crippen LogP contribution is -2.15. The Bertz CT molecular complexity index is 971. The molecule has 0 aromatic carbocycles. The number of sulfonamides is 1. The van der Waals surface area contributed by atoms with Crippen molar-refractivity contribution >= 4 is 27.2 Å². The van der Waals surface area contributed by atoms with Crippen LogP contribution in [0.15, 0.2) is 34.8 Å². The molecule has 0 fully saturated rings. The van der Waals surface area contributed by atoms with Crippen molar-refractivity contribution in [1.29, 1.82) is 0 Å². The first-order valence-corrected chi connectivity index (χ1v) is 10.0. The summed E-state index contributed by atoms with van der Waals surface area (Å²) in [5.41, 5.74) is 1.71. The van der Waals surface area contributed by atoms with Gasteiger partial charge in [-0.2, -0.15) is 9.78 Å². The van der Waals surface area contributed by atoms with Gasteiger partial charge < -0.3 is 0 Å². The molecule has 3 aromatic heterocycles. The fourth-order valence-corrected chi connectivity index (χ4v) is 4.72. The number of hydrogen-bond acceptors (Lipinski definition) is 6. The molecular weight excluding hydrogens is 358 g/mol. The molecule has 3 heterocycles. The minimum absolute atomic E-state index is 0.138. The van der Waals surface area contributed by atoms with Crippen LogP contribution in [-0.4, -0.2) is 28.2 Å². The van der Waals surface area contributed by atoms with Gasteiger partial charge in [0.15, 0.2) is 0 Å². The third kappa shape index (κ3) is 3.57. The topological polar surface area (TPSA) is 89.8 Å². The minimum Gasteiger partial charge on any atom is -0.262 e. The molecule has 1 N–H and O–H groups in total. The smallest absolute Gasteiger partial charge is 0.262 e. The van der Waals surface area contributed by atoms with Gasteiger partial charge >= 0.3 is 0 Å².